The Morgan fingerprint density at radius 1 is 1.14 bits per heavy atom. The normalized spacial score (nSPS) is 17.9. The van der Waals surface area contributed by atoms with Crippen LogP contribution in [-0.2, 0) is 16.4 Å². The maximum atomic E-state index is 14.0. The van der Waals surface area contributed by atoms with E-state index in [1.54, 1.807) is 22.5 Å². The topological polar surface area (TPSA) is 55.2 Å². The first kappa shape index (κ1) is 18.8. The van der Waals surface area contributed by atoms with E-state index < -0.39 is 15.8 Å². The van der Waals surface area contributed by atoms with Gasteiger partial charge in [-0.1, -0.05) is 36.4 Å². The number of para-hydroxylation sites is 1. The summed E-state index contributed by atoms with van der Waals surface area (Å²) in [5, 5.41) is 4.08. The van der Waals surface area contributed by atoms with Crippen LogP contribution in [0.15, 0.2) is 65.8 Å². The van der Waals surface area contributed by atoms with Gasteiger partial charge in [-0.3, -0.25) is 0 Å². The fraction of sp³-hybridized carbons (Fsp3) is 0.286. The number of hydrogen-bond donors (Lipinski definition) is 0. The highest BCUT2D eigenvalue weighted by atomic mass is 32.2. The smallest absolute Gasteiger partial charge is 0.237 e. The number of rotatable bonds is 5. The Labute approximate surface area is 164 Å². The molecule has 1 aromatic heterocycles. The van der Waals surface area contributed by atoms with Crippen LogP contribution >= 0.6 is 0 Å². The lowest BCUT2D eigenvalue weighted by Gasteiger charge is -2.24. The third-order valence-electron chi connectivity index (χ3n) is 5.30. The number of hydrogen-bond acceptors (Lipinski definition) is 3. The van der Waals surface area contributed by atoms with Crippen molar-refractivity contribution in [2.24, 2.45) is 0 Å². The second kappa shape index (κ2) is 7.48. The summed E-state index contributed by atoms with van der Waals surface area (Å²) in [7, 11) is -3.69. The number of benzene rings is 2. The van der Waals surface area contributed by atoms with Crippen LogP contribution < -0.4 is 0 Å². The fourth-order valence-corrected chi connectivity index (χ4v) is 5.39. The van der Waals surface area contributed by atoms with E-state index in [2.05, 4.69) is 11.2 Å². The molecule has 1 fully saturated rings. The molecule has 28 heavy (non-hydrogen) atoms. The van der Waals surface area contributed by atoms with Crippen molar-refractivity contribution in [3.8, 4) is 5.69 Å². The summed E-state index contributed by atoms with van der Waals surface area (Å²) in [6.07, 6.45) is 5.03. The SMILES string of the molecule is Cc1ccccc1CC1CCCN1S(=O)(=O)c1cnn(-c2ccccc2F)c1. The van der Waals surface area contributed by atoms with Gasteiger partial charge in [0.05, 0.1) is 12.4 Å². The number of aryl methyl sites for hydroxylation is 1. The molecule has 0 spiro atoms. The Bertz CT molecular complexity index is 1090. The second-order valence-corrected chi connectivity index (χ2v) is 9.00. The molecule has 7 heteroatoms. The molecule has 146 valence electrons. The Hall–Kier alpha value is -2.51. The van der Waals surface area contributed by atoms with Crippen molar-refractivity contribution < 1.29 is 12.8 Å². The maximum Gasteiger partial charge on any atom is 0.246 e. The minimum atomic E-state index is -3.69. The van der Waals surface area contributed by atoms with Crippen molar-refractivity contribution in [1.82, 2.24) is 14.1 Å². The summed E-state index contributed by atoms with van der Waals surface area (Å²) in [5.74, 6) is -0.451. The van der Waals surface area contributed by atoms with Crippen LogP contribution in [0, 0.1) is 12.7 Å². The third kappa shape index (κ3) is 3.47. The quantitative estimate of drug-likeness (QED) is 0.657. The molecule has 0 saturated carbocycles. The molecule has 0 aliphatic carbocycles. The molecular formula is C21H22FN3O2S. The summed E-state index contributed by atoms with van der Waals surface area (Å²) in [6.45, 7) is 2.53. The largest absolute Gasteiger partial charge is 0.246 e. The van der Waals surface area contributed by atoms with E-state index in [0.717, 1.165) is 18.4 Å². The molecule has 5 nitrogen and oxygen atoms in total. The highest BCUT2D eigenvalue weighted by Crippen LogP contribution is 2.29. The number of aromatic nitrogens is 2. The summed E-state index contributed by atoms with van der Waals surface area (Å²) in [6, 6.07) is 14.1. The van der Waals surface area contributed by atoms with Crippen LogP contribution in [0.5, 0.6) is 0 Å². The van der Waals surface area contributed by atoms with Crippen molar-refractivity contribution in [1.29, 1.82) is 0 Å². The predicted octanol–water partition coefficient (Wildman–Crippen LogP) is 3.72. The van der Waals surface area contributed by atoms with Crippen LogP contribution in [0.4, 0.5) is 4.39 Å². The van der Waals surface area contributed by atoms with E-state index in [-0.39, 0.29) is 16.6 Å². The van der Waals surface area contributed by atoms with E-state index in [1.807, 2.05) is 25.1 Å². The molecule has 3 aromatic rings. The molecule has 1 aliphatic heterocycles. The molecule has 0 N–H and O–H groups in total. The van der Waals surface area contributed by atoms with Gasteiger partial charge in [0.25, 0.3) is 0 Å². The van der Waals surface area contributed by atoms with Crippen LogP contribution in [0.2, 0.25) is 0 Å². The van der Waals surface area contributed by atoms with Gasteiger partial charge in [-0.15, -0.1) is 0 Å². The summed E-state index contributed by atoms with van der Waals surface area (Å²) in [5.41, 5.74) is 2.55. The first-order valence-corrected chi connectivity index (χ1v) is 10.8. The lowest BCUT2D eigenvalue weighted by atomic mass is 10.0. The first-order chi connectivity index (χ1) is 13.5. The average molecular weight is 399 g/mol. The lowest BCUT2D eigenvalue weighted by Crippen LogP contribution is -2.36. The summed E-state index contributed by atoms with van der Waals surface area (Å²) >= 11 is 0. The van der Waals surface area contributed by atoms with Crippen LogP contribution in [0.25, 0.3) is 5.69 Å². The molecule has 4 rings (SSSR count). The zero-order valence-electron chi connectivity index (χ0n) is 15.6. The molecule has 1 atom stereocenters. The molecular weight excluding hydrogens is 377 g/mol. The van der Waals surface area contributed by atoms with Gasteiger partial charge >= 0.3 is 0 Å². The number of halogens is 1. The standard InChI is InChI=1S/C21H22FN3O2S/c1-16-7-2-3-8-17(16)13-18-9-6-12-25(18)28(26,27)19-14-23-24(15-19)21-11-5-4-10-20(21)22/h2-5,7-8,10-11,14-15,18H,6,9,12-13H2,1H3. The van der Waals surface area contributed by atoms with E-state index in [1.165, 1.54) is 28.7 Å². The molecule has 0 amide bonds. The Morgan fingerprint density at radius 3 is 2.68 bits per heavy atom. The lowest BCUT2D eigenvalue weighted by molar-refractivity contribution is 0.385. The molecule has 0 bridgehead atoms. The van der Waals surface area contributed by atoms with Gasteiger partial charge in [-0.05, 0) is 49.4 Å². The van der Waals surface area contributed by atoms with Gasteiger partial charge in [-0.25, -0.2) is 17.5 Å². The van der Waals surface area contributed by atoms with E-state index in [9.17, 15) is 12.8 Å². The highest BCUT2D eigenvalue weighted by Gasteiger charge is 2.36. The summed E-state index contributed by atoms with van der Waals surface area (Å²) in [4.78, 5) is 0.0902. The molecule has 0 radical (unpaired) electrons. The summed E-state index contributed by atoms with van der Waals surface area (Å²) < 4.78 is 43.3. The molecule has 2 heterocycles. The van der Waals surface area contributed by atoms with Gasteiger partial charge < -0.3 is 0 Å². The van der Waals surface area contributed by atoms with Crippen LogP contribution in [-0.4, -0.2) is 35.1 Å². The van der Waals surface area contributed by atoms with Crippen molar-refractivity contribution in [2.75, 3.05) is 6.54 Å². The van der Waals surface area contributed by atoms with Gasteiger partial charge in [0.1, 0.15) is 16.4 Å². The van der Waals surface area contributed by atoms with Crippen molar-refractivity contribution in [3.63, 3.8) is 0 Å². The Kier molecular flexibility index (Phi) is 5.03. The second-order valence-electron chi connectivity index (χ2n) is 7.11. The first-order valence-electron chi connectivity index (χ1n) is 9.33. The number of nitrogens with zero attached hydrogens (tertiary/aromatic N) is 3. The third-order valence-corrected chi connectivity index (χ3v) is 7.21. The minimum Gasteiger partial charge on any atom is -0.237 e. The van der Waals surface area contributed by atoms with E-state index in [4.69, 9.17) is 0 Å². The average Bonchev–Trinajstić information content (AvgIpc) is 3.34. The van der Waals surface area contributed by atoms with Gasteiger partial charge in [0, 0.05) is 12.6 Å². The predicted molar refractivity (Wildman–Crippen MR) is 105 cm³/mol. The maximum absolute atomic E-state index is 14.0. The number of sulfonamides is 1. The van der Waals surface area contributed by atoms with Gasteiger partial charge in [0.2, 0.25) is 10.0 Å². The van der Waals surface area contributed by atoms with E-state index >= 15 is 0 Å². The van der Waals surface area contributed by atoms with Gasteiger partial charge in [0.15, 0.2) is 0 Å². The van der Waals surface area contributed by atoms with Crippen LogP contribution in [0.3, 0.4) is 0 Å². The van der Waals surface area contributed by atoms with Crippen LogP contribution in [0.1, 0.15) is 24.0 Å². The minimum absolute atomic E-state index is 0.0806. The Balaban J connectivity index is 1.61. The monoisotopic (exact) mass is 399 g/mol. The van der Waals surface area contributed by atoms with Gasteiger partial charge in [-0.2, -0.15) is 9.40 Å². The van der Waals surface area contributed by atoms with Crippen molar-refractivity contribution in [3.05, 3.63) is 77.9 Å². The zero-order valence-corrected chi connectivity index (χ0v) is 16.4. The molecule has 1 unspecified atom stereocenters. The molecule has 1 saturated heterocycles. The highest BCUT2D eigenvalue weighted by molar-refractivity contribution is 7.89. The van der Waals surface area contributed by atoms with Crippen molar-refractivity contribution >= 4 is 10.0 Å². The van der Waals surface area contributed by atoms with E-state index in [0.29, 0.717) is 13.0 Å². The van der Waals surface area contributed by atoms with Crippen molar-refractivity contribution in [2.45, 2.75) is 37.1 Å². The fourth-order valence-electron chi connectivity index (χ4n) is 3.77. The Morgan fingerprint density at radius 2 is 1.89 bits per heavy atom. The molecule has 1 aliphatic rings. The zero-order chi connectivity index (χ0) is 19.7. The molecule has 2 aromatic carbocycles.